The lowest BCUT2D eigenvalue weighted by Gasteiger charge is -2.26. The molecule has 0 heterocycles. The number of hydrogen-bond acceptors (Lipinski definition) is 14. The zero-order valence-corrected chi connectivity index (χ0v) is 33.6. The van der Waals surface area contributed by atoms with Gasteiger partial charge in [-0.15, -0.1) is 0 Å². The summed E-state index contributed by atoms with van der Waals surface area (Å²) in [5.74, 6) is -5.00. The fraction of sp³-hybridized carbons (Fsp3) is 0.370. The second-order valence-corrected chi connectivity index (χ2v) is 14.1. The van der Waals surface area contributed by atoms with Gasteiger partial charge in [0.1, 0.15) is 28.6 Å². The lowest BCUT2D eigenvalue weighted by Crippen LogP contribution is -2.30. The molecular weight excluding hydrogens is 776 g/mol. The molecule has 2 aliphatic rings. The summed E-state index contributed by atoms with van der Waals surface area (Å²) in [7, 11) is 1.17. The quantitative estimate of drug-likeness (QED) is 0.0267. The van der Waals surface area contributed by atoms with E-state index in [9.17, 15) is 33.6 Å². The van der Waals surface area contributed by atoms with Crippen molar-refractivity contribution in [3.05, 3.63) is 116 Å². The fourth-order valence-electron chi connectivity index (χ4n) is 6.59. The van der Waals surface area contributed by atoms with Gasteiger partial charge in [0.05, 0.1) is 44.0 Å². The third kappa shape index (κ3) is 14.4. The first-order chi connectivity index (χ1) is 28.9. The van der Waals surface area contributed by atoms with Crippen LogP contribution in [0.2, 0.25) is 0 Å². The highest BCUT2D eigenvalue weighted by Crippen LogP contribution is 2.35. The monoisotopic (exact) mass is 826 g/mol. The van der Waals surface area contributed by atoms with Crippen LogP contribution < -0.4 is 14.2 Å². The first-order valence-electron chi connectivity index (χ1n) is 19.7. The van der Waals surface area contributed by atoms with E-state index in [1.165, 1.54) is 31.4 Å². The molecule has 14 nitrogen and oxygen atoms in total. The Kier molecular flexibility index (Phi) is 18.2. The number of carbonyl (C=O) groups excluding carboxylic acids is 7. The van der Waals surface area contributed by atoms with Crippen molar-refractivity contribution >= 4 is 41.8 Å². The molecule has 4 rings (SSSR count). The van der Waals surface area contributed by atoms with E-state index in [4.69, 9.17) is 33.2 Å². The zero-order chi connectivity index (χ0) is 43.4. The van der Waals surface area contributed by atoms with E-state index < -0.39 is 65.5 Å². The number of rotatable bonds is 19. The lowest BCUT2D eigenvalue weighted by atomic mass is 9.82. The van der Waals surface area contributed by atoms with E-state index in [0.29, 0.717) is 70.0 Å². The molecular formula is C46H50O14. The van der Waals surface area contributed by atoms with E-state index in [0.717, 1.165) is 17.7 Å². The van der Waals surface area contributed by atoms with Crippen molar-refractivity contribution in [2.45, 2.75) is 64.2 Å². The molecule has 0 amide bonds. The van der Waals surface area contributed by atoms with Crippen LogP contribution in [0.4, 0.5) is 0 Å². The SMILES string of the molecule is C=CC(=O)OCC/C=C/C=C(\C=C)OC(=O)C1CCC(C(=O)Oc2ccc(OC(=O)C3CCC(C(=O)Oc4ccc(CCOC(=O)C=C)cc4)CC3)c(C(=O)OC)c2)CC1. The summed E-state index contributed by atoms with van der Waals surface area (Å²) in [5.41, 5.74) is 0.788. The molecule has 2 fully saturated rings. The number of hydrogen-bond donors (Lipinski definition) is 0. The van der Waals surface area contributed by atoms with Crippen molar-refractivity contribution in [3.8, 4) is 17.2 Å². The predicted octanol–water partition coefficient (Wildman–Crippen LogP) is 7.06. The van der Waals surface area contributed by atoms with Crippen molar-refractivity contribution in [1.29, 1.82) is 0 Å². The zero-order valence-electron chi connectivity index (χ0n) is 33.6. The number of ether oxygens (including phenoxy) is 7. The van der Waals surface area contributed by atoms with Gasteiger partial charge in [0.25, 0.3) is 0 Å². The summed E-state index contributed by atoms with van der Waals surface area (Å²) in [6, 6.07) is 10.9. The topological polar surface area (TPSA) is 184 Å². The summed E-state index contributed by atoms with van der Waals surface area (Å²) >= 11 is 0. The Morgan fingerprint density at radius 2 is 1.12 bits per heavy atom. The average molecular weight is 827 g/mol. The molecule has 0 aromatic heterocycles. The van der Waals surface area contributed by atoms with Gasteiger partial charge in [-0.25, -0.2) is 14.4 Å². The Morgan fingerprint density at radius 1 is 0.617 bits per heavy atom. The molecule has 2 aliphatic carbocycles. The maximum Gasteiger partial charge on any atom is 0.341 e. The van der Waals surface area contributed by atoms with Crippen LogP contribution in [0.25, 0.3) is 0 Å². The van der Waals surface area contributed by atoms with Crippen LogP contribution in [0, 0.1) is 23.7 Å². The average Bonchev–Trinajstić information content (AvgIpc) is 3.27. The van der Waals surface area contributed by atoms with Crippen molar-refractivity contribution < 1.29 is 66.7 Å². The lowest BCUT2D eigenvalue weighted by molar-refractivity contribution is -0.148. The van der Waals surface area contributed by atoms with Crippen molar-refractivity contribution in [1.82, 2.24) is 0 Å². The molecule has 0 spiro atoms. The summed E-state index contributed by atoms with van der Waals surface area (Å²) in [6.45, 7) is 10.7. The van der Waals surface area contributed by atoms with E-state index in [-0.39, 0.29) is 36.0 Å². The van der Waals surface area contributed by atoms with Crippen LogP contribution in [0.1, 0.15) is 73.7 Å². The van der Waals surface area contributed by atoms with E-state index in [1.807, 2.05) is 0 Å². The molecule has 0 atom stereocenters. The van der Waals surface area contributed by atoms with E-state index >= 15 is 0 Å². The van der Waals surface area contributed by atoms with Gasteiger partial charge < -0.3 is 33.2 Å². The molecule has 60 heavy (non-hydrogen) atoms. The van der Waals surface area contributed by atoms with E-state index in [2.05, 4.69) is 19.7 Å². The summed E-state index contributed by atoms with van der Waals surface area (Å²) in [5, 5.41) is 0. The molecule has 0 N–H and O–H groups in total. The third-order valence-electron chi connectivity index (χ3n) is 10.0. The Labute approximate surface area is 348 Å². The van der Waals surface area contributed by atoms with Crippen LogP contribution in [0.3, 0.4) is 0 Å². The first-order valence-corrected chi connectivity index (χ1v) is 19.7. The van der Waals surface area contributed by atoms with Crippen LogP contribution >= 0.6 is 0 Å². The minimum atomic E-state index is -0.803. The first kappa shape index (κ1) is 46.1. The van der Waals surface area contributed by atoms with Crippen LogP contribution in [-0.4, -0.2) is 62.1 Å². The van der Waals surface area contributed by atoms with Gasteiger partial charge >= 0.3 is 41.8 Å². The third-order valence-corrected chi connectivity index (χ3v) is 10.0. The van der Waals surface area contributed by atoms with Crippen LogP contribution in [-0.2, 0) is 54.1 Å². The molecule has 0 radical (unpaired) electrons. The number of carbonyl (C=O) groups is 7. The highest BCUT2D eigenvalue weighted by Gasteiger charge is 2.34. The number of methoxy groups -OCH3 is 1. The minimum Gasteiger partial charge on any atom is -0.465 e. The molecule has 318 valence electrons. The van der Waals surface area contributed by atoms with Gasteiger partial charge in [-0.1, -0.05) is 44.0 Å². The Hall–Kier alpha value is -6.57. The predicted molar refractivity (Wildman–Crippen MR) is 216 cm³/mol. The maximum atomic E-state index is 13.2. The molecule has 2 aromatic rings. The number of benzene rings is 2. The van der Waals surface area contributed by atoms with Crippen molar-refractivity contribution in [2.75, 3.05) is 20.3 Å². The number of esters is 7. The smallest absolute Gasteiger partial charge is 0.341 e. The van der Waals surface area contributed by atoms with Crippen molar-refractivity contribution in [2.24, 2.45) is 23.7 Å². The summed E-state index contributed by atoms with van der Waals surface area (Å²) in [4.78, 5) is 87.1. The van der Waals surface area contributed by atoms with Crippen molar-refractivity contribution in [3.63, 3.8) is 0 Å². The molecule has 0 bridgehead atoms. The molecule has 2 aromatic carbocycles. The number of allylic oxidation sites excluding steroid dienone is 3. The standard InChI is InChI=1S/C46H50O14/c1-5-35(11-9-8-10-27-55-40(47)6-2)57-42(49)31-14-16-33(17-15-31)44(51)59-37-24-25-39(38(29-37)46(53)54-4)60-45(52)34-20-18-32(19-21-34)43(50)58-36-22-12-30(13-23-36)26-28-56-41(48)7-3/h5-9,11-13,22-25,29,31-34H,1-3,10,14-21,26-28H2,4H3/b9-8+,35-11+. The second-order valence-electron chi connectivity index (χ2n) is 14.1. The van der Waals surface area contributed by atoms with Crippen LogP contribution in [0.5, 0.6) is 17.2 Å². The Bertz CT molecular complexity index is 1960. The molecule has 0 unspecified atom stereocenters. The molecule has 0 aliphatic heterocycles. The van der Waals surface area contributed by atoms with Gasteiger partial charge in [-0.05, 0) is 106 Å². The van der Waals surface area contributed by atoms with Gasteiger partial charge in [0, 0.05) is 18.6 Å². The minimum absolute atomic E-state index is 0.0529. The molecule has 14 heteroatoms. The normalized spacial score (nSPS) is 18.9. The second kappa shape index (κ2) is 23.7. The Morgan fingerprint density at radius 3 is 1.65 bits per heavy atom. The molecule has 0 saturated heterocycles. The van der Waals surface area contributed by atoms with Gasteiger partial charge in [-0.3, -0.25) is 19.2 Å². The highest BCUT2D eigenvalue weighted by molar-refractivity contribution is 5.94. The van der Waals surface area contributed by atoms with Gasteiger partial charge in [0.2, 0.25) is 0 Å². The fourth-order valence-corrected chi connectivity index (χ4v) is 6.59. The van der Waals surface area contributed by atoms with E-state index in [1.54, 1.807) is 42.5 Å². The Balaban J connectivity index is 1.23. The van der Waals surface area contributed by atoms with Crippen LogP contribution in [0.15, 0.2) is 104 Å². The highest BCUT2D eigenvalue weighted by atomic mass is 16.6. The summed E-state index contributed by atoms with van der Waals surface area (Å²) in [6.07, 6.45) is 12.6. The maximum absolute atomic E-state index is 13.2. The largest absolute Gasteiger partial charge is 0.465 e. The van der Waals surface area contributed by atoms with Gasteiger partial charge in [0.15, 0.2) is 0 Å². The summed E-state index contributed by atoms with van der Waals surface area (Å²) < 4.78 is 37.1. The molecule has 2 saturated carbocycles. The van der Waals surface area contributed by atoms with Gasteiger partial charge in [-0.2, -0.15) is 0 Å².